The van der Waals surface area contributed by atoms with Crippen LogP contribution in [0, 0.1) is 11.3 Å². The van der Waals surface area contributed by atoms with Gasteiger partial charge in [0.1, 0.15) is 0 Å². The van der Waals surface area contributed by atoms with Crippen LogP contribution in [0.15, 0.2) is 25.3 Å². The minimum absolute atomic E-state index is 0.146. The van der Waals surface area contributed by atoms with Crippen molar-refractivity contribution in [2.45, 2.75) is 59.3 Å². The van der Waals surface area contributed by atoms with Crippen molar-refractivity contribution < 1.29 is 38.1 Å². The summed E-state index contributed by atoms with van der Waals surface area (Å²) >= 11 is 0. The van der Waals surface area contributed by atoms with Crippen LogP contribution in [-0.4, -0.2) is 63.6 Å². The van der Waals surface area contributed by atoms with Crippen molar-refractivity contribution >= 4 is 24.1 Å². The van der Waals surface area contributed by atoms with Crippen LogP contribution < -0.4 is 10.6 Å². The molecule has 0 saturated heterocycles. The molecular weight excluding hydrogens is 456 g/mol. The molecule has 1 atom stereocenters. The van der Waals surface area contributed by atoms with Gasteiger partial charge in [0.15, 0.2) is 0 Å². The summed E-state index contributed by atoms with van der Waals surface area (Å²) in [5.74, 6) is -0.608. The summed E-state index contributed by atoms with van der Waals surface area (Å²) in [7, 11) is 0. The summed E-state index contributed by atoms with van der Waals surface area (Å²) in [5, 5.41) is 5.52. The Morgan fingerprint density at radius 3 is 1.66 bits per heavy atom. The molecule has 1 unspecified atom stereocenters. The molecule has 0 rings (SSSR count). The van der Waals surface area contributed by atoms with Gasteiger partial charge in [-0.2, -0.15) is 0 Å². The van der Waals surface area contributed by atoms with E-state index in [2.05, 4.69) is 44.6 Å². The highest BCUT2D eigenvalue weighted by molar-refractivity contribution is 5.81. The molecule has 2 amide bonds. The lowest BCUT2D eigenvalue weighted by molar-refractivity contribution is -0.138. The van der Waals surface area contributed by atoms with Crippen molar-refractivity contribution in [2.24, 2.45) is 11.3 Å². The Hall–Kier alpha value is -3.04. The third kappa shape index (κ3) is 20.1. The molecule has 0 aliphatic rings. The second-order valence-corrected chi connectivity index (χ2v) is 8.97. The summed E-state index contributed by atoms with van der Waals surface area (Å²) in [6.07, 6.45) is 5.30. The topological polar surface area (TPSA) is 129 Å². The number of alkyl carbamates (subject to hydrolysis) is 2. The number of carbonyl (C=O) groups is 4. The van der Waals surface area contributed by atoms with Crippen LogP contribution in [0.25, 0.3) is 0 Å². The maximum absolute atomic E-state index is 11.9. The normalized spacial score (nSPS) is 11.5. The van der Waals surface area contributed by atoms with E-state index in [-0.39, 0.29) is 31.8 Å². The van der Waals surface area contributed by atoms with Gasteiger partial charge in [-0.3, -0.25) is 0 Å². The average Bonchev–Trinajstić information content (AvgIpc) is 2.81. The molecule has 0 aromatic heterocycles. The molecular formula is C25H42N2O8. The SMILES string of the molecule is C=CC(=O)OCCCCOC(=O)NCCC(C)CC(C)(C)CNC(=O)OCCCCOC(=O)C=C. The van der Waals surface area contributed by atoms with Crippen molar-refractivity contribution in [3.63, 3.8) is 0 Å². The quantitative estimate of drug-likeness (QED) is 0.119. The number of hydrogen-bond acceptors (Lipinski definition) is 8. The largest absolute Gasteiger partial charge is 0.463 e. The number of esters is 2. The van der Waals surface area contributed by atoms with Gasteiger partial charge >= 0.3 is 24.1 Å². The van der Waals surface area contributed by atoms with Gasteiger partial charge < -0.3 is 29.6 Å². The molecule has 0 spiro atoms. The predicted molar refractivity (Wildman–Crippen MR) is 132 cm³/mol. The maximum Gasteiger partial charge on any atom is 0.407 e. The fourth-order valence-electron chi connectivity index (χ4n) is 3.15. The molecule has 0 bridgehead atoms. The third-order valence-corrected chi connectivity index (χ3v) is 4.88. The van der Waals surface area contributed by atoms with Crippen LogP contribution in [0.1, 0.15) is 59.3 Å². The zero-order valence-corrected chi connectivity index (χ0v) is 21.4. The minimum atomic E-state index is -0.475. The molecule has 2 N–H and O–H groups in total. The Morgan fingerprint density at radius 1 is 0.771 bits per heavy atom. The van der Waals surface area contributed by atoms with E-state index in [1.807, 2.05) is 0 Å². The lowest BCUT2D eigenvalue weighted by Crippen LogP contribution is -2.36. The Morgan fingerprint density at radius 2 is 1.20 bits per heavy atom. The average molecular weight is 499 g/mol. The van der Waals surface area contributed by atoms with E-state index in [0.717, 1.165) is 25.0 Å². The van der Waals surface area contributed by atoms with Gasteiger partial charge in [0.05, 0.1) is 26.4 Å². The van der Waals surface area contributed by atoms with Crippen LogP contribution in [-0.2, 0) is 28.5 Å². The number of unbranched alkanes of at least 4 members (excludes halogenated alkanes) is 2. The molecule has 0 aliphatic carbocycles. The first-order valence-corrected chi connectivity index (χ1v) is 12.0. The van der Waals surface area contributed by atoms with Crippen molar-refractivity contribution in [2.75, 3.05) is 39.5 Å². The van der Waals surface area contributed by atoms with Crippen LogP contribution in [0.5, 0.6) is 0 Å². The Kier molecular flexibility index (Phi) is 17.6. The van der Waals surface area contributed by atoms with Gasteiger partial charge in [-0.05, 0) is 49.9 Å². The van der Waals surface area contributed by atoms with E-state index >= 15 is 0 Å². The Balaban J connectivity index is 3.83. The van der Waals surface area contributed by atoms with Gasteiger partial charge in [0.25, 0.3) is 0 Å². The highest BCUT2D eigenvalue weighted by atomic mass is 16.6. The lowest BCUT2D eigenvalue weighted by atomic mass is 9.82. The molecule has 0 aromatic rings. The highest BCUT2D eigenvalue weighted by Crippen LogP contribution is 2.26. The van der Waals surface area contributed by atoms with Gasteiger partial charge in [-0.15, -0.1) is 0 Å². The first-order chi connectivity index (χ1) is 16.6. The summed E-state index contributed by atoms with van der Waals surface area (Å²) < 4.78 is 19.9. The maximum atomic E-state index is 11.9. The molecule has 200 valence electrons. The van der Waals surface area contributed by atoms with Crippen molar-refractivity contribution in [3.8, 4) is 0 Å². The smallest absolute Gasteiger partial charge is 0.407 e. The highest BCUT2D eigenvalue weighted by Gasteiger charge is 2.22. The fraction of sp³-hybridized carbons (Fsp3) is 0.680. The molecule has 0 aromatic carbocycles. The van der Waals surface area contributed by atoms with Crippen molar-refractivity contribution in [1.29, 1.82) is 0 Å². The zero-order valence-electron chi connectivity index (χ0n) is 21.4. The first-order valence-electron chi connectivity index (χ1n) is 12.0. The molecule has 10 nitrogen and oxygen atoms in total. The van der Waals surface area contributed by atoms with Gasteiger partial charge in [-0.1, -0.05) is 33.9 Å². The summed E-state index contributed by atoms with van der Waals surface area (Å²) in [4.78, 5) is 45.4. The van der Waals surface area contributed by atoms with E-state index in [1.165, 1.54) is 0 Å². The molecule has 0 heterocycles. The molecule has 0 fully saturated rings. The molecule has 10 heteroatoms. The molecule has 0 saturated carbocycles. The molecule has 0 radical (unpaired) electrons. The summed E-state index contributed by atoms with van der Waals surface area (Å²) in [5.41, 5.74) is -0.146. The van der Waals surface area contributed by atoms with Crippen LogP contribution in [0.4, 0.5) is 9.59 Å². The molecule has 35 heavy (non-hydrogen) atoms. The summed E-state index contributed by atoms with van der Waals surface area (Å²) in [6, 6.07) is 0. The minimum Gasteiger partial charge on any atom is -0.463 e. The number of ether oxygens (including phenoxy) is 4. The van der Waals surface area contributed by atoms with Gasteiger partial charge in [0, 0.05) is 25.2 Å². The van der Waals surface area contributed by atoms with E-state index in [4.69, 9.17) is 18.9 Å². The third-order valence-electron chi connectivity index (χ3n) is 4.88. The second kappa shape index (κ2) is 19.3. The van der Waals surface area contributed by atoms with Crippen LogP contribution in [0.2, 0.25) is 0 Å². The van der Waals surface area contributed by atoms with Gasteiger partial charge in [-0.25, -0.2) is 19.2 Å². The van der Waals surface area contributed by atoms with Crippen molar-refractivity contribution in [3.05, 3.63) is 25.3 Å². The van der Waals surface area contributed by atoms with Gasteiger partial charge in [0.2, 0.25) is 0 Å². The predicted octanol–water partition coefficient (Wildman–Crippen LogP) is 3.90. The Bertz CT molecular complexity index is 678. The van der Waals surface area contributed by atoms with E-state index in [1.54, 1.807) is 0 Å². The number of nitrogens with one attached hydrogen (secondary N) is 2. The van der Waals surface area contributed by atoms with Crippen LogP contribution in [0.3, 0.4) is 0 Å². The standard InChI is InChI=1S/C25H42N2O8/c1-6-21(28)32-14-8-10-16-34-23(30)26-13-12-20(3)18-25(4,5)19-27-24(31)35-17-11-9-15-33-22(29)7-2/h6-7,20H,1-2,8-19H2,3-5H3,(H,26,30)(H,27,31). The number of hydrogen-bond donors (Lipinski definition) is 2. The van der Waals surface area contributed by atoms with E-state index in [0.29, 0.717) is 44.7 Å². The number of amides is 2. The second-order valence-electron chi connectivity index (χ2n) is 8.97. The number of rotatable bonds is 19. The van der Waals surface area contributed by atoms with E-state index in [9.17, 15) is 19.2 Å². The van der Waals surface area contributed by atoms with Crippen molar-refractivity contribution in [1.82, 2.24) is 10.6 Å². The lowest BCUT2D eigenvalue weighted by Gasteiger charge is -2.28. The van der Waals surface area contributed by atoms with E-state index < -0.39 is 24.1 Å². The summed E-state index contributed by atoms with van der Waals surface area (Å²) in [6.45, 7) is 14.8. The zero-order chi connectivity index (χ0) is 26.5. The fourth-order valence-corrected chi connectivity index (χ4v) is 3.15. The Labute approximate surface area is 208 Å². The molecule has 0 aliphatic heterocycles. The number of carbonyl (C=O) groups excluding carboxylic acids is 4. The van der Waals surface area contributed by atoms with Crippen LogP contribution >= 0.6 is 0 Å². The monoisotopic (exact) mass is 498 g/mol. The first kappa shape index (κ1) is 32.0.